The van der Waals surface area contributed by atoms with E-state index < -0.39 is 12.0 Å². The maximum absolute atomic E-state index is 12.7. The van der Waals surface area contributed by atoms with E-state index >= 15 is 0 Å². The highest BCUT2D eigenvalue weighted by molar-refractivity contribution is 7.81. The lowest BCUT2D eigenvalue weighted by atomic mass is 9.83. The summed E-state index contributed by atoms with van der Waals surface area (Å²) in [4.78, 5) is 49.5. The SMILES string of the molecule is CC(NC(=O)C1CCCCC1NC(=O)CS)C(CN)C(=O)N1CCC1=O. The summed E-state index contributed by atoms with van der Waals surface area (Å²) in [6.07, 6.45) is 3.67. The molecule has 2 rings (SSSR count). The van der Waals surface area contributed by atoms with E-state index in [1.54, 1.807) is 6.92 Å². The molecule has 146 valence electrons. The van der Waals surface area contributed by atoms with E-state index in [-0.39, 0.29) is 47.9 Å². The van der Waals surface area contributed by atoms with Crippen molar-refractivity contribution >= 4 is 36.3 Å². The minimum absolute atomic E-state index is 0.0501. The van der Waals surface area contributed by atoms with Crippen LogP contribution in [0.3, 0.4) is 0 Å². The van der Waals surface area contributed by atoms with Crippen molar-refractivity contribution in [3.63, 3.8) is 0 Å². The van der Waals surface area contributed by atoms with E-state index in [1.807, 2.05) is 0 Å². The average Bonchev–Trinajstić information content (AvgIpc) is 2.61. The summed E-state index contributed by atoms with van der Waals surface area (Å²) in [7, 11) is 0. The Kier molecular flexibility index (Phi) is 7.45. The lowest BCUT2D eigenvalue weighted by molar-refractivity contribution is -0.155. The lowest BCUT2D eigenvalue weighted by Crippen LogP contribution is -2.57. The summed E-state index contributed by atoms with van der Waals surface area (Å²) in [6.45, 7) is 2.19. The molecule has 0 aromatic heterocycles. The minimum atomic E-state index is -0.641. The molecule has 0 bridgehead atoms. The predicted molar refractivity (Wildman–Crippen MR) is 99.2 cm³/mol. The van der Waals surface area contributed by atoms with Gasteiger partial charge in [0.2, 0.25) is 23.6 Å². The van der Waals surface area contributed by atoms with Gasteiger partial charge in [0.25, 0.3) is 0 Å². The fraction of sp³-hybridized carbons (Fsp3) is 0.765. The largest absolute Gasteiger partial charge is 0.352 e. The Morgan fingerprint density at radius 3 is 2.54 bits per heavy atom. The van der Waals surface area contributed by atoms with Gasteiger partial charge < -0.3 is 16.4 Å². The number of likely N-dealkylation sites (tertiary alicyclic amines) is 1. The molecule has 1 aliphatic heterocycles. The molecule has 4 unspecified atom stereocenters. The maximum atomic E-state index is 12.7. The van der Waals surface area contributed by atoms with Crippen molar-refractivity contribution < 1.29 is 19.2 Å². The van der Waals surface area contributed by atoms with Crippen LogP contribution in [0.5, 0.6) is 0 Å². The van der Waals surface area contributed by atoms with Gasteiger partial charge in [0.05, 0.1) is 17.6 Å². The number of hydrogen-bond donors (Lipinski definition) is 4. The third-order valence-corrected chi connectivity index (χ3v) is 5.54. The molecule has 0 radical (unpaired) electrons. The third-order valence-electron chi connectivity index (χ3n) is 5.25. The number of imide groups is 1. The molecule has 4 N–H and O–H groups in total. The van der Waals surface area contributed by atoms with E-state index in [0.29, 0.717) is 19.4 Å². The Morgan fingerprint density at radius 2 is 2.00 bits per heavy atom. The summed E-state index contributed by atoms with van der Waals surface area (Å²) < 4.78 is 0. The number of carbonyl (C=O) groups is 4. The van der Waals surface area contributed by atoms with Gasteiger partial charge in [0, 0.05) is 31.6 Å². The molecular formula is C17H28N4O4S. The summed E-state index contributed by atoms with van der Waals surface area (Å²) in [6, 6.07) is -0.712. The summed E-state index contributed by atoms with van der Waals surface area (Å²) >= 11 is 3.96. The van der Waals surface area contributed by atoms with Crippen LogP contribution in [0.25, 0.3) is 0 Å². The zero-order valence-electron chi connectivity index (χ0n) is 15.1. The number of thiol groups is 1. The number of β-lactam (4-membered cyclic amide) rings is 1. The highest BCUT2D eigenvalue weighted by Crippen LogP contribution is 2.25. The number of hydrogen-bond acceptors (Lipinski definition) is 6. The van der Waals surface area contributed by atoms with Crippen molar-refractivity contribution in [2.75, 3.05) is 18.8 Å². The zero-order valence-corrected chi connectivity index (χ0v) is 16.0. The molecule has 4 amide bonds. The number of nitrogens with two attached hydrogens (primary N) is 1. The molecule has 2 fully saturated rings. The standard InChI is InChI=1S/C17H28N4O4S/c1-10(12(8-18)17(25)21-7-6-15(21)23)19-16(24)11-4-2-3-5-13(11)20-14(22)9-26/h10-13,26H,2-9,18H2,1H3,(H,19,24)(H,20,22). The molecule has 4 atom stereocenters. The summed E-state index contributed by atoms with van der Waals surface area (Å²) in [5.74, 6) is -1.82. The topological polar surface area (TPSA) is 122 Å². The number of carbonyl (C=O) groups excluding carboxylic acids is 4. The van der Waals surface area contributed by atoms with Crippen molar-refractivity contribution in [2.24, 2.45) is 17.6 Å². The smallest absolute Gasteiger partial charge is 0.235 e. The van der Waals surface area contributed by atoms with Crippen molar-refractivity contribution in [1.29, 1.82) is 0 Å². The second kappa shape index (κ2) is 9.36. The van der Waals surface area contributed by atoms with Gasteiger partial charge in [-0.25, -0.2) is 0 Å². The van der Waals surface area contributed by atoms with Crippen LogP contribution in [0.4, 0.5) is 0 Å². The van der Waals surface area contributed by atoms with Crippen molar-refractivity contribution in [3.05, 3.63) is 0 Å². The maximum Gasteiger partial charge on any atom is 0.235 e. The number of nitrogens with zero attached hydrogens (tertiary/aromatic N) is 1. The van der Waals surface area contributed by atoms with E-state index in [0.717, 1.165) is 19.3 Å². The van der Waals surface area contributed by atoms with Gasteiger partial charge in [-0.3, -0.25) is 24.1 Å². The van der Waals surface area contributed by atoms with Crippen molar-refractivity contribution in [1.82, 2.24) is 15.5 Å². The van der Waals surface area contributed by atoms with Gasteiger partial charge in [-0.15, -0.1) is 0 Å². The number of amides is 4. The first-order chi connectivity index (χ1) is 12.4. The Morgan fingerprint density at radius 1 is 1.31 bits per heavy atom. The quantitative estimate of drug-likeness (QED) is 0.346. The molecule has 0 spiro atoms. The first-order valence-electron chi connectivity index (χ1n) is 9.13. The van der Waals surface area contributed by atoms with Crippen LogP contribution in [-0.2, 0) is 19.2 Å². The van der Waals surface area contributed by atoms with Gasteiger partial charge in [-0.2, -0.15) is 12.6 Å². The normalized spacial score (nSPS) is 25.0. The molecule has 0 aromatic rings. The third kappa shape index (κ3) is 4.76. The van der Waals surface area contributed by atoms with E-state index in [4.69, 9.17) is 5.73 Å². The molecule has 0 aromatic carbocycles. The molecule has 8 nitrogen and oxygen atoms in total. The van der Waals surface area contributed by atoms with Crippen LogP contribution < -0.4 is 16.4 Å². The van der Waals surface area contributed by atoms with Crippen LogP contribution in [-0.4, -0.2) is 59.5 Å². The Balaban J connectivity index is 1.97. The molecule has 2 aliphatic rings. The number of nitrogens with one attached hydrogen (secondary N) is 2. The van der Waals surface area contributed by atoms with Crippen LogP contribution in [0.1, 0.15) is 39.0 Å². The zero-order chi connectivity index (χ0) is 19.3. The van der Waals surface area contributed by atoms with E-state index in [2.05, 4.69) is 23.3 Å². The van der Waals surface area contributed by atoms with Gasteiger partial charge in [-0.1, -0.05) is 12.8 Å². The van der Waals surface area contributed by atoms with Gasteiger partial charge in [-0.05, 0) is 19.8 Å². The van der Waals surface area contributed by atoms with Gasteiger partial charge in [0.1, 0.15) is 0 Å². The predicted octanol–water partition coefficient (Wildman–Crippen LogP) is -0.570. The van der Waals surface area contributed by atoms with Gasteiger partial charge in [0.15, 0.2) is 0 Å². The second-order valence-corrected chi connectivity index (χ2v) is 7.31. The van der Waals surface area contributed by atoms with E-state index in [1.165, 1.54) is 4.90 Å². The molecular weight excluding hydrogens is 356 g/mol. The Bertz CT molecular complexity index is 571. The fourth-order valence-corrected chi connectivity index (χ4v) is 3.66. The summed E-state index contributed by atoms with van der Waals surface area (Å²) in [5, 5.41) is 5.73. The molecule has 9 heteroatoms. The lowest BCUT2D eigenvalue weighted by Gasteiger charge is -2.35. The first-order valence-corrected chi connectivity index (χ1v) is 9.77. The van der Waals surface area contributed by atoms with Crippen molar-refractivity contribution in [3.8, 4) is 0 Å². The van der Waals surface area contributed by atoms with Crippen LogP contribution in [0.2, 0.25) is 0 Å². The van der Waals surface area contributed by atoms with Crippen molar-refractivity contribution in [2.45, 2.75) is 51.1 Å². The summed E-state index contributed by atoms with van der Waals surface area (Å²) in [5.41, 5.74) is 5.73. The van der Waals surface area contributed by atoms with Gasteiger partial charge >= 0.3 is 0 Å². The van der Waals surface area contributed by atoms with Crippen LogP contribution in [0, 0.1) is 11.8 Å². The number of rotatable bonds is 7. The van der Waals surface area contributed by atoms with E-state index in [9.17, 15) is 19.2 Å². The van der Waals surface area contributed by atoms with Crippen LogP contribution >= 0.6 is 12.6 Å². The monoisotopic (exact) mass is 384 g/mol. The highest BCUT2D eigenvalue weighted by Gasteiger charge is 2.38. The molecule has 1 saturated carbocycles. The Labute approximate surface area is 159 Å². The van der Waals surface area contributed by atoms with Crippen LogP contribution in [0.15, 0.2) is 0 Å². The average molecular weight is 385 g/mol. The second-order valence-electron chi connectivity index (χ2n) is 7.00. The molecule has 1 heterocycles. The Hall–Kier alpha value is -1.61. The molecule has 1 aliphatic carbocycles. The molecule has 26 heavy (non-hydrogen) atoms. The fourth-order valence-electron chi connectivity index (χ4n) is 3.57. The first kappa shape index (κ1) is 20.7. The minimum Gasteiger partial charge on any atom is -0.352 e. The highest BCUT2D eigenvalue weighted by atomic mass is 32.1. The molecule has 1 saturated heterocycles.